The number of nitrogens with zero attached hydrogens (tertiary/aromatic N) is 1. The molecule has 0 radical (unpaired) electrons. The van der Waals surface area contributed by atoms with E-state index >= 15 is 0 Å². The minimum Gasteiger partial charge on any atom is -0.366 e. The summed E-state index contributed by atoms with van der Waals surface area (Å²) < 4.78 is 0. The highest BCUT2D eigenvalue weighted by atomic mass is 16.1. The van der Waals surface area contributed by atoms with Crippen LogP contribution < -0.4 is 5.73 Å². The van der Waals surface area contributed by atoms with Gasteiger partial charge in [0.1, 0.15) is 0 Å². The first kappa shape index (κ1) is 7.72. The van der Waals surface area contributed by atoms with Crippen molar-refractivity contribution < 1.29 is 4.79 Å². The van der Waals surface area contributed by atoms with Crippen LogP contribution in [0, 0.1) is 0 Å². The summed E-state index contributed by atoms with van der Waals surface area (Å²) in [5.41, 5.74) is 6.40. The number of primary amides is 1. The molecule has 1 aromatic heterocycles. The molecule has 11 heavy (non-hydrogen) atoms. The molecule has 0 fully saturated rings. The maximum absolute atomic E-state index is 10.8. The second kappa shape index (κ2) is 3.14. The number of amides is 1. The van der Waals surface area contributed by atoms with Gasteiger partial charge in [0, 0.05) is 6.20 Å². The zero-order valence-corrected chi connectivity index (χ0v) is 6.37. The second-order valence-corrected chi connectivity index (χ2v) is 2.22. The fourth-order valence-corrected chi connectivity index (χ4v) is 0.944. The first-order valence-electron chi connectivity index (χ1n) is 3.49. The molecular weight excluding hydrogens is 140 g/mol. The molecule has 1 rings (SSSR count). The lowest BCUT2D eigenvalue weighted by Gasteiger charge is -2.00. The van der Waals surface area contributed by atoms with Crippen LogP contribution in [-0.4, -0.2) is 10.9 Å². The number of pyridine rings is 1. The number of carbonyl (C=O) groups is 1. The summed E-state index contributed by atoms with van der Waals surface area (Å²) >= 11 is 0. The zero-order valence-electron chi connectivity index (χ0n) is 6.37. The van der Waals surface area contributed by atoms with E-state index in [0.717, 1.165) is 12.1 Å². The maximum Gasteiger partial charge on any atom is 0.250 e. The average Bonchev–Trinajstić information content (AvgIpc) is 2.04. The normalized spacial score (nSPS) is 9.55. The monoisotopic (exact) mass is 150 g/mol. The van der Waals surface area contributed by atoms with Crippen LogP contribution in [0.3, 0.4) is 0 Å². The molecule has 0 aromatic carbocycles. The Morgan fingerprint density at radius 1 is 1.73 bits per heavy atom. The van der Waals surface area contributed by atoms with Gasteiger partial charge in [0.2, 0.25) is 0 Å². The molecule has 0 bridgehead atoms. The molecule has 0 saturated carbocycles. The van der Waals surface area contributed by atoms with Crippen molar-refractivity contribution in [2.24, 2.45) is 5.73 Å². The minimum absolute atomic E-state index is 0.407. The quantitative estimate of drug-likeness (QED) is 0.676. The van der Waals surface area contributed by atoms with Crippen LogP contribution in [0.25, 0.3) is 0 Å². The Kier molecular flexibility index (Phi) is 2.21. The maximum atomic E-state index is 10.8. The molecule has 0 atom stereocenters. The van der Waals surface area contributed by atoms with Crippen molar-refractivity contribution in [3.63, 3.8) is 0 Å². The minimum atomic E-state index is -0.407. The second-order valence-electron chi connectivity index (χ2n) is 2.22. The predicted octanol–water partition coefficient (Wildman–Crippen LogP) is 0.743. The van der Waals surface area contributed by atoms with Gasteiger partial charge in [0.15, 0.2) is 0 Å². The molecule has 1 heterocycles. The first-order chi connectivity index (χ1) is 5.25. The molecule has 0 spiro atoms. The van der Waals surface area contributed by atoms with Gasteiger partial charge in [-0.15, -0.1) is 0 Å². The Bertz CT molecular complexity index is 271. The fraction of sp³-hybridized carbons (Fsp3) is 0.250. The summed E-state index contributed by atoms with van der Waals surface area (Å²) in [7, 11) is 0. The van der Waals surface area contributed by atoms with Crippen LogP contribution in [0.2, 0.25) is 0 Å². The van der Waals surface area contributed by atoms with Gasteiger partial charge in [-0.1, -0.05) is 6.92 Å². The summed E-state index contributed by atoms with van der Waals surface area (Å²) in [4.78, 5) is 14.8. The highest BCUT2D eigenvalue weighted by Gasteiger charge is 2.04. The lowest BCUT2D eigenvalue weighted by Crippen LogP contribution is -2.14. The Hall–Kier alpha value is -1.38. The van der Waals surface area contributed by atoms with E-state index in [2.05, 4.69) is 4.98 Å². The molecule has 1 amide bonds. The van der Waals surface area contributed by atoms with Crippen LogP contribution in [0.5, 0.6) is 0 Å². The van der Waals surface area contributed by atoms with E-state index in [4.69, 9.17) is 5.73 Å². The highest BCUT2D eigenvalue weighted by molar-refractivity contribution is 5.93. The van der Waals surface area contributed by atoms with Crippen LogP contribution in [0.4, 0.5) is 0 Å². The zero-order chi connectivity index (χ0) is 8.27. The Morgan fingerprint density at radius 2 is 2.45 bits per heavy atom. The van der Waals surface area contributed by atoms with Gasteiger partial charge in [-0.3, -0.25) is 9.78 Å². The van der Waals surface area contributed by atoms with Gasteiger partial charge >= 0.3 is 0 Å². The average molecular weight is 150 g/mol. The molecular formula is C8H10N2O. The van der Waals surface area contributed by atoms with Crippen molar-refractivity contribution in [2.45, 2.75) is 13.3 Å². The van der Waals surface area contributed by atoms with E-state index in [1.807, 2.05) is 6.92 Å². The molecule has 0 aliphatic rings. The number of carbonyl (C=O) groups excluding carboxylic acids is 1. The predicted molar refractivity (Wildman–Crippen MR) is 42.1 cm³/mol. The van der Waals surface area contributed by atoms with Crippen molar-refractivity contribution in [3.8, 4) is 0 Å². The third kappa shape index (κ3) is 1.55. The van der Waals surface area contributed by atoms with E-state index in [1.165, 1.54) is 0 Å². The molecule has 3 heteroatoms. The molecule has 0 aliphatic carbocycles. The van der Waals surface area contributed by atoms with Crippen molar-refractivity contribution in [1.82, 2.24) is 4.98 Å². The van der Waals surface area contributed by atoms with Crippen molar-refractivity contribution >= 4 is 5.91 Å². The number of aryl methyl sites for hydroxylation is 1. The summed E-state index contributed by atoms with van der Waals surface area (Å²) in [6, 6.07) is 3.40. The summed E-state index contributed by atoms with van der Waals surface area (Å²) in [5, 5.41) is 0. The standard InChI is InChI=1S/C8H10N2O/c1-2-7-6(8(9)11)4-3-5-10-7/h3-5H,2H2,1H3,(H2,9,11). The smallest absolute Gasteiger partial charge is 0.250 e. The van der Waals surface area contributed by atoms with Crippen LogP contribution in [-0.2, 0) is 6.42 Å². The molecule has 1 aromatic rings. The Labute approximate surface area is 65.2 Å². The van der Waals surface area contributed by atoms with Crippen LogP contribution in [0.15, 0.2) is 18.3 Å². The summed E-state index contributed by atoms with van der Waals surface area (Å²) in [5.74, 6) is -0.407. The van der Waals surface area contributed by atoms with E-state index < -0.39 is 5.91 Å². The van der Waals surface area contributed by atoms with E-state index in [9.17, 15) is 4.79 Å². The summed E-state index contributed by atoms with van der Waals surface area (Å²) in [6.07, 6.45) is 2.39. The summed E-state index contributed by atoms with van der Waals surface area (Å²) in [6.45, 7) is 1.94. The molecule has 58 valence electrons. The Morgan fingerprint density at radius 3 is 2.91 bits per heavy atom. The molecule has 3 nitrogen and oxygen atoms in total. The van der Waals surface area contributed by atoms with Crippen molar-refractivity contribution in [1.29, 1.82) is 0 Å². The number of nitrogens with two attached hydrogens (primary N) is 1. The van der Waals surface area contributed by atoms with E-state index in [-0.39, 0.29) is 0 Å². The largest absolute Gasteiger partial charge is 0.366 e. The highest BCUT2D eigenvalue weighted by Crippen LogP contribution is 2.03. The molecule has 0 saturated heterocycles. The number of rotatable bonds is 2. The number of aromatic nitrogens is 1. The van der Waals surface area contributed by atoms with Crippen molar-refractivity contribution in [3.05, 3.63) is 29.6 Å². The lowest BCUT2D eigenvalue weighted by atomic mass is 10.1. The SMILES string of the molecule is CCc1ncccc1C(N)=O. The topological polar surface area (TPSA) is 56.0 Å². The van der Waals surface area contributed by atoms with Crippen molar-refractivity contribution in [2.75, 3.05) is 0 Å². The number of hydrogen-bond donors (Lipinski definition) is 1. The Balaban J connectivity index is 3.12. The van der Waals surface area contributed by atoms with Gasteiger partial charge in [-0.25, -0.2) is 0 Å². The third-order valence-corrected chi connectivity index (χ3v) is 1.49. The lowest BCUT2D eigenvalue weighted by molar-refractivity contribution is 0.0999. The molecule has 0 unspecified atom stereocenters. The first-order valence-corrected chi connectivity index (χ1v) is 3.49. The van der Waals surface area contributed by atoms with Gasteiger partial charge in [0.25, 0.3) is 5.91 Å². The van der Waals surface area contributed by atoms with Crippen LogP contribution in [0.1, 0.15) is 23.0 Å². The van der Waals surface area contributed by atoms with Gasteiger partial charge in [-0.2, -0.15) is 0 Å². The van der Waals surface area contributed by atoms with E-state index in [1.54, 1.807) is 18.3 Å². The van der Waals surface area contributed by atoms with Gasteiger partial charge in [-0.05, 0) is 18.6 Å². The number of hydrogen-bond acceptors (Lipinski definition) is 2. The van der Waals surface area contributed by atoms with Gasteiger partial charge < -0.3 is 5.73 Å². The molecule has 2 N–H and O–H groups in total. The van der Waals surface area contributed by atoms with E-state index in [0.29, 0.717) is 5.56 Å². The van der Waals surface area contributed by atoms with Gasteiger partial charge in [0.05, 0.1) is 11.3 Å². The molecule has 0 aliphatic heterocycles. The fourth-order valence-electron chi connectivity index (χ4n) is 0.944. The third-order valence-electron chi connectivity index (χ3n) is 1.49. The van der Waals surface area contributed by atoms with Crippen LogP contribution >= 0.6 is 0 Å².